The summed E-state index contributed by atoms with van der Waals surface area (Å²) in [5.74, 6) is -0.803. The molecule has 0 saturated heterocycles. The summed E-state index contributed by atoms with van der Waals surface area (Å²) in [5.41, 5.74) is 0. The van der Waals surface area contributed by atoms with Gasteiger partial charge < -0.3 is 27.9 Å². The van der Waals surface area contributed by atoms with Gasteiger partial charge in [0.1, 0.15) is 19.8 Å². The summed E-state index contributed by atoms with van der Waals surface area (Å²) in [6.07, 6.45) is 97.6. The van der Waals surface area contributed by atoms with Crippen molar-refractivity contribution in [1.82, 2.24) is 0 Å². The number of allylic oxidation sites excluding steroid dienone is 4. The molecule has 0 aliphatic carbocycles. The summed E-state index contributed by atoms with van der Waals surface area (Å²) in [5, 5.41) is 0. The number of carbonyl (C=O) groups is 2. The van der Waals surface area contributed by atoms with Gasteiger partial charge in [-0.05, 0) is 64.2 Å². The molecule has 0 saturated carbocycles. The zero-order valence-corrected chi connectivity index (χ0v) is 64.9. The van der Waals surface area contributed by atoms with Gasteiger partial charge in [0, 0.05) is 12.8 Å². The van der Waals surface area contributed by atoms with Gasteiger partial charge in [0.15, 0.2) is 6.10 Å². The minimum Gasteiger partial charge on any atom is -0.756 e. The monoisotopic (exact) mass is 1350 g/mol. The third-order valence-corrected chi connectivity index (χ3v) is 20.4. The highest BCUT2D eigenvalue weighted by Crippen LogP contribution is 2.38. The molecule has 10 heteroatoms. The molecule has 0 bridgehead atoms. The molecule has 0 aliphatic heterocycles. The summed E-state index contributed by atoms with van der Waals surface area (Å²) < 4.78 is 34.5. The van der Waals surface area contributed by atoms with E-state index in [1.165, 1.54) is 385 Å². The minimum absolute atomic E-state index is 0.0262. The first-order valence-corrected chi connectivity index (χ1v) is 43.5. The molecule has 0 fully saturated rings. The van der Waals surface area contributed by atoms with E-state index in [9.17, 15) is 19.0 Å². The van der Waals surface area contributed by atoms with Crippen LogP contribution in [0.3, 0.4) is 0 Å². The van der Waals surface area contributed by atoms with Crippen LogP contribution in [0.25, 0.3) is 0 Å². The Bertz CT molecular complexity index is 1630. The van der Waals surface area contributed by atoms with E-state index in [1.807, 2.05) is 21.1 Å². The maximum absolute atomic E-state index is 12.9. The van der Waals surface area contributed by atoms with E-state index in [1.54, 1.807) is 0 Å². The van der Waals surface area contributed by atoms with Gasteiger partial charge in [0.05, 0.1) is 27.7 Å². The predicted octanol–water partition coefficient (Wildman–Crippen LogP) is 27.3. The zero-order chi connectivity index (χ0) is 68.3. The zero-order valence-electron chi connectivity index (χ0n) is 64.0. The van der Waals surface area contributed by atoms with Gasteiger partial charge in [0.25, 0.3) is 7.82 Å². The number of hydrogen-bond acceptors (Lipinski definition) is 8. The summed E-state index contributed by atoms with van der Waals surface area (Å²) >= 11 is 0. The van der Waals surface area contributed by atoms with Gasteiger partial charge in [-0.15, -0.1) is 0 Å². The molecular formula is C84H164NO8P. The summed E-state index contributed by atoms with van der Waals surface area (Å²) in [4.78, 5) is 38.2. The second-order valence-electron chi connectivity index (χ2n) is 30.2. The third-order valence-electron chi connectivity index (χ3n) is 19.4. The van der Waals surface area contributed by atoms with Crippen molar-refractivity contribution in [2.75, 3.05) is 47.5 Å². The molecule has 2 atom stereocenters. The first-order valence-electron chi connectivity index (χ1n) is 42.0. The normalized spacial score (nSPS) is 13.0. The number of ether oxygens (including phenoxy) is 2. The van der Waals surface area contributed by atoms with Crippen LogP contribution in [0.2, 0.25) is 0 Å². The number of esters is 2. The van der Waals surface area contributed by atoms with Gasteiger partial charge in [-0.25, -0.2) is 0 Å². The molecule has 94 heavy (non-hydrogen) atoms. The van der Waals surface area contributed by atoms with E-state index >= 15 is 0 Å². The average Bonchev–Trinajstić information content (AvgIpc) is 1.56. The maximum atomic E-state index is 12.9. The molecule has 0 radical (unpaired) electrons. The first-order chi connectivity index (χ1) is 46.0. The molecule has 9 nitrogen and oxygen atoms in total. The topological polar surface area (TPSA) is 111 Å². The Morgan fingerprint density at radius 3 is 0.787 bits per heavy atom. The lowest BCUT2D eigenvalue weighted by atomic mass is 10.0. The Morgan fingerprint density at radius 1 is 0.319 bits per heavy atom. The van der Waals surface area contributed by atoms with Gasteiger partial charge in [-0.2, -0.15) is 0 Å². The van der Waals surface area contributed by atoms with Gasteiger partial charge >= 0.3 is 11.9 Å². The molecule has 0 N–H and O–H groups in total. The van der Waals surface area contributed by atoms with Crippen LogP contribution in [0, 0.1) is 0 Å². The lowest BCUT2D eigenvalue weighted by molar-refractivity contribution is -0.870. The largest absolute Gasteiger partial charge is 0.756 e. The average molecular weight is 1350 g/mol. The molecule has 0 rings (SSSR count). The van der Waals surface area contributed by atoms with Crippen molar-refractivity contribution in [3.05, 3.63) is 24.3 Å². The highest BCUT2D eigenvalue weighted by molar-refractivity contribution is 7.45. The molecule has 558 valence electrons. The van der Waals surface area contributed by atoms with E-state index in [2.05, 4.69) is 38.2 Å². The van der Waals surface area contributed by atoms with E-state index in [4.69, 9.17) is 18.5 Å². The Labute approximate surface area is 587 Å². The smallest absolute Gasteiger partial charge is 0.306 e. The number of unbranched alkanes of at least 4 members (excludes halogenated alkanes) is 62. The van der Waals surface area contributed by atoms with Crippen molar-refractivity contribution in [2.24, 2.45) is 0 Å². The van der Waals surface area contributed by atoms with Crippen molar-refractivity contribution in [2.45, 2.75) is 457 Å². The second kappa shape index (κ2) is 75.7. The Balaban J connectivity index is 3.87. The summed E-state index contributed by atoms with van der Waals surface area (Å²) in [6.45, 7) is 4.33. The predicted molar refractivity (Wildman–Crippen MR) is 407 cm³/mol. The fourth-order valence-electron chi connectivity index (χ4n) is 13.0. The van der Waals surface area contributed by atoms with Crippen molar-refractivity contribution < 1.29 is 42.1 Å². The van der Waals surface area contributed by atoms with Crippen LogP contribution in [0.5, 0.6) is 0 Å². The molecule has 0 aromatic carbocycles. The highest BCUT2D eigenvalue weighted by atomic mass is 31.2. The Morgan fingerprint density at radius 2 is 0.543 bits per heavy atom. The fraction of sp³-hybridized carbons (Fsp3) is 0.929. The van der Waals surface area contributed by atoms with Crippen LogP contribution in [0.15, 0.2) is 24.3 Å². The van der Waals surface area contributed by atoms with Crippen molar-refractivity contribution in [3.63, 3.8) is 0 Å². The molecule has 0 aliphatic rings. The van der Waals surface area contributed by atoms with E-state index < -0.39 is 26.5 Å². The summed E-state index contributed by atoms with van der Waals surface area (Å²) in [7, 11) is 1.20. The minimum atomic E-state index is -4.64. The van der Waals surface area contributed by atoms with Crippen LogP contribution in [-0.2, 0) is 32.7 Å². The van der Waals surface area contributed by atoms with Gasteiger partial charge in [-0.3, -0.25) is 14.2 Å². The lowest BCUT2D eigenvalue weighted by Gasteiger charge is -2.28. The van der Waals surface area contributed by atoms with Crippen LogP contribution in [0.4, 0.5) is 0 Å². The van der Waals surface area contributed by atoms with Crippen LogP contribution >= 0.6 is 7.82 Å². The molecule has 0 aromatic heterocycles. The fourth-order valence-corrected chi connectivity index (χ4v) is 13.7. The number of carbonyl (C=O) groups excluding carboxylic acids is 2. The van der Waals surface area contributed by atoms with Crippen molar-refractivity contribution >= 4 is 19.8 Å². The van der Waals surface area contributed by atoms with E-state index in [-0.39, 0.29) is 32.0 Å². The van der Waals surface area contributed by atoms with Crippen LogP contribution < -0.4 is 4.89 Å². The molecule has 0 spiro atoms. The van der Waals surface area contributed by atoms with Crippen LogP contribution in [-0.4, -0.2) is 70.0 Å². The summed E-state index contributed by atoms with van der Waals surface area (Å²) in [6, 6.07) is 0. The Kier molecular flexibility index (Phi) is 74.5. The maximum Gasteiger partial charge on any atom is 0.306 e. The lowest BCUT2D eigenvalue weighted by Crippen LogP contribution is -2.37. The molecule has 0 amide bonds. The highest BCUT2D eigenvalue weighted by Gasteiger charge is 2.22. The van der Waals surface area contributed by atoms with Crippen LogP contribution in [0.1, 0.15) is 450 Å². The molecule has 0 aromatic rings. The molecule has 0 heterocycles. The Hall–Kier alpha value is -1.51. The number of likely N-dealkylation sites (N-methyl/N-ethyl adjacent to an activating group) is 1. The first kappa shape index (κ1) is 92.5. The standard InChI is InChI=1S/C84H164NO8P/c1-6-8-10-12-14-16-18-20-22-24-26-28-30-32-34-36-38-40-41-42-43-45-47-49-51-53-55-57-59-61-63-65-67-69-71-73-75-77-84(87)93-82(81-92-94(88,89)91-79-78-85(3,4)5)80-90-83(86)76-74-72-70-68-66-64-62-60-58-56-54-52-50-48-46-44-39-37-35-33-31-29-27-25-23-21-19-17-15-13-11-9-7-2/h24-27,82H,6-23,28-81H2,1-5H3/b26-24-,27-25-. The number of phosphoric acid groups is 1. The second-order valence-corrected chi connectivity index (χ2v) is 31.6. The number of phosphoric ester groups is 1. The van der Waals surface area contributed by atoms with E-state index in [0.717, 1.165) is 32.1 Å². The van der Waals surface area contributed by atoms with Gasteiger partial charge in [0.2, 0.25) is 0 Å². The van der Waals surface area contributed by atoms with E-state index in [0.29, 0.717) is 17.4 Å². The number of hydrogen-bond donors (Lipinski definition) is 0. The van der Waals surface area contributed by atoms with Crippen molar-refractivity contribution in [3.8, 4) is 0 Å². The molecular weight excluding hydrogens is 1180 g/mol. The molecule has 2 unspecified atom stereocenters. The van der Waals surface area contributed by atoms with Gasteiger partial charge in [-0.1, -0.05) is 398 Å². The third kappa shape index (κ3) is 79.5. The number of rotatable bonds is 80. The quantitative estimate of drug-likeness (QED) is 0.0195. The SMILES string of the molecule is CCCCCCCCCC/C=C\CCCCCCCCCCCCCCCCCCCCCCCCCCCC(=O)OC(COC(=O)CCCCCCCCCCCCCCCCCCCCCCC/C=C\CCCCCCCCCC)COP(=O)([O-])OCC[N+](C)(C)C. The van der Waals surface area contributed by atoms with Crippen molar-refractivity contribution in [1.29, 1.82) is 0 Å². The number of quaternary nitrogens is 1. The number of nitrogens with zero attached hydrogens (tertiary/aromatic N) is 1.